The summed E-state index contributed by atoms with van der Waals surface area (Å²) in [4.78, 5) is 0. The second kappa shape index (κ2) is 2.76. The second-order valence-electron chi connectivity index (χ2n) is 0.209. The molecule has 0 aliphatic rings. The normalized spacial score (nSPS) is 4.00. The van der Waals surface area contributed by atoms with Crippen molar-refractivity contribution in [2.24, 2.45) is 0 Å². The van der Waals surface area contributed by atoms with Gasteiger partial charge in [0.05, 0.1) is 0 Å². The average Bonchev–Trinajstić information content (AvgIpc) is 1.37. The summed E-state index contributed by atoms with van der Waals surface area (Å²) in [6.07, 6.45) is 0. The van der Waals surface area contributed by atoms with Crippen molar-refractivity contribution in [2.75, 3.05) is 0 Å². The fraction of sp³-hybridized carbons (Fsp3) is 0. The van der Waals surface area contributed by atoms with E-state index >= 15 is 0 Å². The van der Waals surface area contributed by atoms with Crippen LogP contribution in [0.1, 0.15) is 0 Å². The van der Waals surface area contributed by atoms with Crippen molar-refractivity contribution in [3.05, 3.63) is 0 Å². The Labute approximate surface area is 26.2 Å². The zero-order valence-electron chi connectivity index (χ0n) is 1.93. The number of rotatable bonds is 0. The van der Waals surface area contributed by atoms with E-state index in [9.17, 15) is 0 Å². The Morgan fingerprint density at radius 3 is 2.25 bits per heavy atom. The molecule has 0 saturated carbocycles. The van der Waals surface area contributed by atoms with Crippen LogP contribution >= 0.6 is 0 Å². The van der Waals surface area contributed by atoms with Crippen molar-refractivity contribution in [3.8, 4) is 6.00 Å². The molecule has 0 aromatic carbocycles. The van der Waals surface area contributed by atoms with Gasteiger partial charge in [0.1, 0.15) is 0 Å². The largest absolute Gasteiger partial charge is 0.357 e. The first-order valence-corrected chi connectivity index (χ1v) is 1.66. The fourth-order valence-electron chi connectivity index (χ4n) is 0. The monoisotopic (exact) mass is 74.0 g/mol. The zero-order valence-corrected chi connectivity index (χ0v) is 2.93. The molecule has 0 atom stereocenters. The molecule has 0 radical (unpaired) electrons. The Kier molecular flexibility index (Phi) is 2.59. The first kappa shape index (κ1) is 3.76. The number of hydrogen-bond acceptors (Lipinski definition) is 2. The molecule has 0 fully saturated rings. The molecule has 0 amide bonds. The predicted octanol–water partition coefficient (Wildman–Crippen LogP) is -0.316. The lowest BCUT2D eigenvalue weighted by Gasteiger charge is -1.64. The third-order valence-corrected chi connectivity index (χ3v) is 0.158. The zero-order chi connectivity index (χ0) is 3.41. The Balaban J connectivity index is 2.43. The lowest BCUT2D eigenvalue weighted by atomic mass is 12.0. The van der Waals surface area contributed by atoms with Crippen molar-refractivity contribution >= 4 is 9.20 Å². The van der Waals surface area contributed by atoms with Gasteiger partial charge in [-0.1, -0.05) is 0 Å². The van der Waals surface area contributed by atoms with Crippen molar-refractivity contribution in [1.29, 1.82) is 0 Å². The lowest BCUT2D eigenvalue weighted by molar-refractivity contribution is -0.133. The Bertz CT molecular complexity index is 35.8. The van der Waals surface area contributed by atoms with Gasteiger partial charge >= 0.3 is 0 Å². The standard InChI is InChI=1S/CH2O2Si/c1-4-3-2/h1-2H. The van der Waals surface area contributed by atoms with Gasteiger partial charge in [-0.2, -0.15) is 0 Å². The summed E-state index contributed by atoms with van der Waals surface area (Å²) >= 11 is 0. The van der Waals surface area contributed by atoms with Gasteiger partial charge in [-0.15, -0.1) is 6.00 Å². The highest BCUT2D eigenvalue weighted by Crippen LogP contribution is 1.28. The summed E-state index contributed by atoms with van der Waals surface area (Å²) in [5.74, 6) is 0. The van der Waals surface area contributed by atoms with Gasteiger partial charge in [0.2, 0.25) is 0 Å². The van der Waals surface area contributed by atoms with E-state index in [1.54, 1.807) is 0 Å². The second-order valence-corrected chi connectivity index (χ2v) is 0.627. The van der Waals surface area contributed by atoms with E-state index in [2.05, 4.69) is 10.6 Å². The van der Waals surface area contributed by atoms with Gasteiger partial charge in [0.15, 0.2) is 0 Å². The van der Waals surface area contributed by atoms with E-state index < -0.39 is 0 Å². The Morgan fingerprint density at radius 1 is 2.00 bits per heavy atom. The van der Waals surface area contributed by atoms with Crippen LogP contribution in [0, 0.1) is 6.00 Å². The van der Waals surface area contributed by atoms with Gasteiger partial charge in [-0.05, 0) is 0 Å². The van der Waals surface area contributed by atoms with E-state index in [0.29, 0.717) is 0 Å². The molecule has 0 unspecified atom stereocenters. The van der Waals surface area contributed by atoms with Crippen LogP contribution in [0.5, 0.6) is 0 Å². The van der Waals surface area contributed by atoms with Crippen molar-refractivity contribution < 1.29 is 9.83 Å². The maximum atomic E-state index is 7.26. The van der Waals surface area contributed by atoms with Crippen LogP contribution in [0.2, 0.25) is 0 Å². The van der Waals surface area contributed by atoms with Gasteiger partial charge in [0.25, 0.3) is 9.20 Å². The van der Waals surface area contributed by atoms with Crippen LogP contribution < -0.4 is 0 Å². The average molecular weight is 74.1 g/mol. The molecule has 0 aliphatic heterocycles. The van der Waals surface area contributed by atoms with Crippen LogP contribution in [0.15, 0.2) is 0 Å². The Hall–Kier alpha value is -0.243. The topological polar surface area (TPSA) is 29.5 Å². The molecule has 2 nitrogen and oxygen atoms in total. The predicted molar refractivity (Wildman–Crippen MR) is 14.4 cm³/mol. The van der Waals surface area contributed by atoms with Gasteiger partial charge in [-0.3, -0.25) is 0 Å². The van der Waals surface area contributed by atoms with Crippen LogP contribution in [0.4, 0.5) is 0 Å². The third-order valence-electron chi connectivity index (χ3n) is 0.0527. The molecular formula is CH2O2Si. The molecule has 0 spiro atoms. The fourth-order valence-corrected chi connectivity index (χ4v) is 0. The first-order chi connectivity index (χ1) is 1.91. The minimum Gasteiger partial charge on any atom is -0.357 e. The molecule has 0 aromatic rings. The molecule has 4 heavy (non-hydrogen) atoms. The highest BCUT2D eigenvalue weighted by Gasteiger charge is 1.40. The summed E-state index contributed by atoms with van der Waals surface area (Å²) in [6, 6.07) is 4.58. The maximum absolute atomic E-state index is 7.26. The molecule has 0 heterocycles. The molecule has 0 aliphatic carbocycles. The first-order valence-electron chi connectivity index (χ1n) is 0.675. The van der Waals surface area contributed by atoms with E-state index in [1.807, 2.05) is 0 Å². The third kappa shape index (κ3) is 1.76. The summed E-state index contributed by atoms with van der Waals surface area (Å²) in [7, 11) is -0.304. The van der Waals surface area contributed by atoms with Crippen LogP contribution in [0.3, 0.4) is 0 Å². The molecule has 0 bridgehead atoms. The molecule has 0 saturated heterocycles. The van der Waals surface area contributed by atoms with E-state index in [-0.39, 0.29) is 9.20 Å². The number of hydrogen-bond donors (Lipinski definition) is 1. The quantitative estimate of drug-likeness (QED) is 0.242. The molecule has 3 heteroatoms. The van der Waals surface area contributed by atoms with E-state index in [0.717, 1.165) is 0 Å². The molecular weight excluding hydrogens is 72.1 g/mol. The highest BCUT2D eigenvalue weighted by molar-refractivity contribution is 6.11. The van der Waals surface area contributed by atoms with Crippen molar-refractivity contribution in [2.45, 2.75) is 0 Å². The van der Waals surface area contributed by atoms with Crippen LogP contribution in [-0.2, 0) is 4.58 Å². The van der Waals surface area contributed by atoms with Crippen molar-refractivity contribution in [3.63, 3.8) is 0 Å². The molecule has 0 aromatic heterocycles. The van der Waals surface area contributed by atoms with Gasteiger partial charge in [0, 0.05) is 0 Å². The maximum Gasteiger partial charge on any atom is 0.294 e. The summed E-state index contributed by atoms with van der Waals surface area (Å²) in [6.45, 7) is 0. The minimum atomic E-state index is -0.304. The van der Waals surface area contributed by atoms with Crippen molar-refractivity contribution in [1.82, 2.24) is 0 Å². The highest BCUT2D eigenvalue weighted by atomic mass is 28.2. The lowest BCUT2D eigenvalue weighted by Crippen LogP contribution is -1.69. The SMILES string of the molecule is C#[Si]OO. The van der Waals surface area contributed by atoms with E-state index in [1.165, 1.54) is 0 Å². The summed E-state index contributed by atoms with van der Waals surface area (Å²) in [5, 5.41) is 7.26. The smallest absolute Gasteiger partial charge is 0.294 e. The Morgan fingerprint density at radius 2 is 2.25 bits per heavy atom. The minimum absolute atomic E-state index is 0.304. The van der Waals surface area contributed by atoms with E-state index in [4.69, 9.17) is 5.26 Å². The molecule has 0 rings (SSSR count). The molecule has 1 N–H and O–H groups in total. The summed E-state index contributed by atoms with van der Waals surface area (Å²) in [5.41, 5.74) is 0. The van der Waals surface area contributed by atoms with Gasteiger partial charge in [-0.25, -0.2) is 5.26 Å². The molecule has 22 valence electrons. The van der Waals surface area contributed by atoms with Crippen LogP contribution in [-0.4, -0.2) is 14.5 Å². The van der Waals surface area contributed by atoms with Gasteiger partial charge < -0.3 is 4.58 Å². The van der Waals surface area contributed by atoms with Crippen LogP contribution in [0.25, 0.3) is 0 Å². The summed E-state index contributed by atoms with van der Waals surface area (Å²) < 4.78 is 3.35.